The Balaban J connectivity index is 1.93. The van der Waals surface area contributed by atoms with Crippen LogP contribution in [0.4, 0.5) is 0 Å². The highest BCUT2D eigenvalue weighted by Gasteiger charge is 2.29. The second-order valence-corrected chi connectivity index (χ2v) is 4.64. The number of likely N-dealkylation sites (tertiary alicyclic amines) is 1. The summed E-state index contributed by atoms with van der Waals surface area (Å²) in [4.78, 5) is 29.4. The summed E-state index contributed by atoms with van der Waals surface area (Å²) in [5.74, 6) is 0.787. The van der Waals surface area contributed by atoms with Crippen LogP contribution < -0.4 is 0 Å². The molecule has 1 aliphatic heterocycles. The number of imidazole rings is 1. The second kappa shape index (κ2) is 4.79. The van der Waals surface area contributed by atoms with Crippen LogP contribution in [0.2, 0.25) is 0 Å². The lowest BCUT2D eigenvalue weighted by Gasteiger charge is -2.22. The van der Waals surface area contributed by atoms with E-state index in [-0.39, 0.29) is 11.9 Å². The number of hydrogen-bond donors (Lipinski definition) is 1. The topological polar surface area (TPSA) is 74.8 Å². The summed E-state index contributed by atoms with van der Waals surface area (Å²) >= 11 is 0. The highest BCUT2D eigenvalue weighted by Crippen LogP contribution is 2.30. The first-order chi connectivity index (χ1) is 9.25. The van der Waals surface area contributed by atoms with Crippen LogP contribution in [0.5, 0.6) is 0 Å². The first-order valence-electron chi connectivity index (χ1n) is 6.34. The molecule has 6 heteroatoms. The highest BCUT2D eigenvalue weighted by molar-refractivity contribution is 5.74. The summed E-state index contributed by atoms with van der Waals surface area (Å²) in [6.45, 7) is 2.40. The maximum atomic E-state index is 11.6. The Bertz CT molecular complexity index is 580. The molecule has 0 aromatic carbocycles. The SMILES string of the molecule is CC(=O)N1CCCC1c1cncc(-c2ncc[nH]2)n1. The zero-order valence-corrected chi connectivity index (χ0v) is 10.7. The Morgan fingerprint density at radius 2 is 2.37 bits per heavy atom. The molecular weight excluding hydrogens is 242 g/mol. The van der Waals surface area contributed by atoms with Gasteiger partial charge in [-0.05, 0) is 12.8 Å². The van der Waals surface area contributed by atoms with E-state index in [0.29, 0.717) is 11.5 Å². The van der Waals surface area contributed by atoms with Crippen LogP contribution >= 0.6 is 0 Å². The molecule has 0 spiro atoms. The number of nitrogens with zero attached hydrogens (tertiary/aromatic N) is 4. The van der Waals surface area contributed by atoms with Crippen molar-refractivity contribution in [1.29, 1.82) is 0 Å². The van der Waals surface area contributed by atoms with Gasteiger partial charge in [0, 0.05) is 25.9 Å². The van der Waals surface area contributed by atoms with E-state index < -0.39 is 0 Å². The third-order valence-electron chi connectivity index (χ3n) is 3.39. The average Bonchev–Trinajstić information content (AvgIpc) is 3.10. The molecule has 1 saturated heterocycles. The number of rotatable bonds is 2. The summed E-state index contributed by atoms with van der Waals surface area (Å²) in [5, 5.41) is 0. The molecule has 3 rings (SSSR count). The number of nitrogens with one attached hydrogen (secondary N) is 1. The van der Waals surface area contributed by atoms with Crippen molar-refractivity contribution in [1.82, 2.24) is 24.8 Å². The minimum absolute atomic E-state index is 0.0416. The molecule has 0 saturated carbocycles. The van der Waals surface area contributed by atoms with E-state index in [1.54, 1.807) is 31.7 Å². The molecule has 3 heterocycles. The van der Waals surface area contributed by atoms with Gasteiger partial charge in [-0.1, -0.05) is 0 Å². The Morgan fingerprint density at radius 1 is 1.47 bits per heavy atom. The molecule has 2 aromatic heterocycles. The van der Waals surface area contributed by atoms with Gasteiger partial charge in [0.1, 0.15) is 5.69 Å². The van der Waals surface area contributed by atoms with Crippen LogP contribution in [-0.2, 0) is 4.79 Å². The fraction of sp³-hybridized carbons (Fsp3) is 0.385. The number of carbonyl (C=O) groups is 1. The molecule has 1 unspecified atom stereocenters. The van der Waals surface area contributed by atoms with Crippen molar-refractivity contribution in [2.75, 3.05) is 6.54 Å². The first kappa shape index (κ1) is 11.8. The predicted molar refractivity (Wildman–Crippen MR) is 69.0 cm³/mol. The van der Waals surface area contributed by atoms with Crippen LogP contribution in [0.15, 0.2) is 24.8 Å². The monoisotopic (exact) mass is 257 g/mol. The van der Waals surface area contributed by atoms with Crippen LogP contribution in [0.25, 0.3) is 11.5 Å². The van der Waals surface area contributed by atoms with Crippen molar-refractivity contribution < 1.29 is 4.79 Å². The summed E-state index contributed by atoms with van der Waals surface area (Å²) in [6.07, 6.45) is 8.79. The number of H-pyrrole nitrogens is 1. The maximum Gasteiger partial charge on any atom is 0.220 e. The van der Waals surface area contributed by atoms with Gasteiger partial charge in [0.2, 0.25) is 5.91 Å². The van der Waals surface area contributed by atoms with Gasteiger partial charge in [-0.3, -0.25) is 9.78 Å². The van der Waals surface area contributed by atoms with Crippen molar-refractivity contribution in [3.63, 3.8) is 0 Å². The van der Waals surface area contributed by atoms with Gasteiger partial charge in [0.25, 0.3) is 0 Å². The lowest BCUT2D eigenvalue weighted by atomic mass is 10.1. The second-order valence-electron chi connectivity index (χ2n) is 4.64. The van der Waals surface area contributed by atoms with E-state index in [0.717, 1.165) is 25.1 Å². The van der Waals surface area contributed by atoms with Crippen molar-refractivity contribution in [2.24, 2.45) is 0 Å². The minimum Gasteiger partial charge on any atom is -0.343 e. The normalized spacial score (nSPS) is 18.8. The lowest BCUT2D eigenvalue weighted by molar-refractivity contribution is -0.129. The lowest BCUT2D eigenvalue weighted by Crippen LogP contribution is -2.28. The molecular formula is C13H15N5O. The summed E-state index contributed by atoms with van der Waals surface area (Å²) < 4.78 is 0. The van der Waals surface area contributed by atoms with Gasteiger partial charge in [-0.25, -0.2) is 9.97 Å². The quantitative estimate of drug-likeness (QED) is 0.885. The van der Waals surface area contributed by atoms with Crippen LogP contribution in [0.3, 0.4) is 0 Å². The third-order valence-corrected chi connectivity index (χ3v) is 3.39. The fourth-order valence-electron chi connectivity index (χ4n) is 2.51. The predicted octanol–water partition coefficient (Wildman–Crippen LogP) is 1.55. The summed E-state index contributed by atoms with van der Waals surface area (Å²) in [5.41, 5.74) is 1.54. The van der Waals surface area contributed by atoms with Crippen molar-refractivity contribution >= 4 is 5.91 Å². The molecule has 1 fully saturated rings. The Kier molecular flexibility index (Phi) is 2.98. The number of aromatic nitrogens is 4. The molecule has 19 heavy (non-hydrogen) atoms. The molecule has 1 amide bonds. The molecule has 0 aliphatic carbocycles. The van der Waals surface area contributed by atoms with E-state index in [1.807, 2.05) is 4.90 Å². The van der Waals surface area contributed by atoms with Crippen molar-refractivity contribution in [3.05, 3.63) is 30.5 Å². The minimum atomic E-state index is 0.0416. The Morgan fingerprint density at radius 3 is 3.11 bits per heavy atom. The van der Waals surface area contributed by atoms with Crippen molar-refractivity contribution in [2.45, 2.75) is 25.8 Å². The molecule has 0 bridgehead atoms. The molecule has 98 valence electrons. The Labute approximate surface area is 110 Å². The maximum absolute atomic E-state index is 11.6. The molecule has 1 N–H and O–H groups in total. The van der Waals surface area contributed by atoms with Gasteiger partial charge in [-0.15, -0.1) is 0 Å². The van der Waals surface area contributed by atoms with Gasteiger partial charge in [-0.2, -0.15) is 0 Å². The first-order valence-corrected chi connectivity index (χ1v) is 6.34. The van der Waals surface area contributed by atoms with Crippen LogP contribution in [0.1, 0.15) is 31.5 Å². The van der Waals surface area contributed by atoms with Crippen molar-refractivity contribution in [3.8, 4) is 11.5 Å². The number of carbonyl (C=O) groups excluding carboxylic acids is 1. The zero-order chi connectivity index (χ0) is 13.2. The van der Waals surface area contributed by atoms with Crippen LogP contribution in [-0.4, -0.2) is 37.3 Å². The van der Waals surface area contributed by atoms with E-state index >= 15 is 0 Å². The van der Waals surface area contributed by atoms with E-state index in [1.165, 1.54) is 0 Å². The molecule has 2 aromatic rings. The van der Waals surface area contributed by atoms with E-state index in [9.17, 15) is 4.79 Å². The molecule has 1 aliphatic rings. The zero-order valence-electron chi connectivity index (χ0n) is 10.7. The largest absolute Gasteiger partial charge is 0.343 e. The third kappa shape index (κ3) is 2.21. The Hall–Kier alpha value is -2.24. The number of amides is 1. The smallest absolute Gasteiger partial charge is 0.220 e. The van der Waals surface area contributed by atoms with Gasteiger partial charge in [0.15, 0.2) is 5.82 Å². The average molecular weight is 257 g/mol. The highest BCUT2D eigenvalue weighted by atomic mass is 16.2. The standard InChI is InChI=1S/C13H15N5O/c1-9(19)18-6-2-3-12(18)10-7-14-8-11(17-10)13-15-4-5-16-13/h4-5,7-8,12H,2-3,6H2,1H3,(H,15,16). The van der Waals surface area contributed by atoms with E-state index in [4.69, 9.17) is 0 Å². The molecule has 0 radical (unpaired) electrons. The fourth-order valence-corrected chi connectivity index (χ4v) is 2.51. The van der Waals surface area contributed by atoms with E-state index in [2.05, 4.69) is 19.9 Å². The molecule has 1 atom stereocenters. The van der Waals surface area contributed by atoms with Gasteiger partial charge >= 0.3 is 0 Å². The van der Waals surface area contributed by atoms with Crippen LogP contribution in [0, 0.1) is 0 Å². The number of aromatic amines is 1. The van der Waals surface area contributed by atoms with Gasteiger partial charge < -0.3 is 9.88 Å². The summed E-state index contributed by atoms with van der Waals surface area (Å²) in [7, 11) is 0. The number of hydrogen-bond acceptors (Lipinski definition) is 4. The molecule has 6 nitrogen and oxygen atoms in total. The summed E-state index contributed by atoms with van der Waals surface area (Å²) in [6, 6.07) is 0.0416. The van der Waals surface area contributed by atoms with Gasteiger partial charge in [0.05, 0.1) is 24.1 Å².